The Morgan fingerprint density at radius 3 is 2.39 bits per heavy atom. The highest BCUT2D eigenvalue weighted by molar-refractivity contribution is 7.89. The lowest BCUT2D eigenvalue weighted by atomic mass is 10.4. The van der Waals surface area contributed by atoms with Crippen LogP contribution >= 0.6 is 0 Å². The summed E-state index contributed by atoms with van der Waals surface area (Å²) >= 11 is 0. The van der Waals surface area contributed by atoms with Crippen molar-refractivity contribution >= 4 is 15.9 Å². The van der Waals surface area contributed by atoms with Crippen molar-refractivity contribution in [1.29, 1.82) is 5.41 Å². The van der Waals surface area contributed by atoms with Gasteiger partial charge in [0.05, 0.1) is 17.9 Å². The number of nitrogens with two attached hydrogens (primary N) is 1. The summed E-state index contributed by atoms with van der Waals surface area (Å²) in [4.78, 5) is 0.202. The standard InChI is InChI=1S/C10H19N5O2S/c1-5-15(6-9(11)12)18(16,17)10-7(2)13-14(4)8(10)3/h5-6H2,1-4H3,(H3,11,12). The van der Waals surface area contributed by atoms with E-state index in [1.54, 1.807) is 27.8 Å². The van der Waals surface area contributed by atoms with Crippen LogP contribution in [0.25, 0.3) is 0 Å². The number of aromatic nitrogens is 2. The van der Waals surface area contributed by atoms with Crippen LogP contribution in [0.5, 0.6) is 0 Å². The molecule has 102 valence electrons. The quantitative estimate of drug-likeness (QED) is 0.581. The molecule has 18 heavy (non-hydrogen) atoms. The van der Waals surface area contributed by atoms with Crippen molar-refractivity contribution in [3.05, 3.63) is 11.4 Å². The van der Waals surface area contributed by atoms with Gasteiger partial charge in [0.1, 0.15) is 10.7 Å². The van der Waals surface area contributed by atoms with Crippen LogP contribution in [0.3, 0.4) is 0 Å². The van der Waals surface area contributed by atoms with Gasteiger partial charge in [-0.2, -0.15) is 9.40 Å². The van der Waals surface area contributed by atoms with Gasteiger partial charge in [0.15, 0.2) is 0 Å². The Labute approximate surface area is 107 Å². The highest BCUT2D eigenvalue weighted by Crippen LogP contribution is 2.22. The van der Waals surface area contributed by atoms with Gasteiger partial charge in [0.25, 0.3) is 0 Å². The first-order chi connectivity index (χ1) is 8.21. The number of sulfonamides is 1. The van der Waals surface area contributed by atoms with Gasteiger partial charge < -0.3 is 5.73 Å². The average molecular weight is 273 g/mol. The summed E-state index contributed by atoms with van der Waals surface area (Å²) in [5.74, 6) is -0.181. The molecule has 3 N–H and O–H groups in total. The highest BCUT2D eigenvalue weighted by Gasteiger charge is 2.29. The zero-order chi connectivity index (χ0) is 14.1. The Bertz CT molecular complexity index is 561. The molecule has 0 aromatic carbocycles. The Morgan fingerprint density at radius 1 is 1.50 bits per heavy atom. The van der Waals surface area contributed by atoms with Crippen LogP contribution in [0, 0.1) is 19.3 Å². The van der Waals surface area contributed by atoms with Crippen molar-refractivity contribution in [2.75, 3.05) is 13.1 Å². The summed E-state index contributed by atoms with van der Waals surface area (Å²) in [7, 11) is -1.96. The summed E-state index contributed by atoms with van der Waals surface area (Å²) in [6.07, 6.45) is 0. The van der Waals surface area contributed by atoms with Gasteiger partial charge in [0.2, 0.25) is 10.0 Å². The molecular weight excluding hydrogens is 254 g/mol. The van der Waals surface area contributed by atoms with E-state index in [2.05, 4.69) is 5.10 Å². The third-order valence-electron chi connectivity index (χ3n) is 2.74. The van der Waals surface area contributed by atoms with Gasteiger partial charge >= 0.3 is 0 Å². The number of nitrogens with one attached hydrogen (secondary N) is 1. The molecule has 0 bridgehead atoms. The van der Waals surface area contributed by atoms with Crippen LogP contribution in [0.15, 0.2) is 4.90 Å². The molecule has 0 fully saturated rings. The van der Waals surface area contributed by atoms with Gasteiger partial charge in [-0.25, -0.2) is 8.42 Å². The van der Waals surface area contributed by atoms with Crippen molar-refractivity contribution < 1.29 is 8.42 Å². The van der Waals surface area contributed by atoms with Crippen LogP contribution in [0.4, 0.5) is 0 Å². The molecule has 7 nitrogen and oxygen atoms in total. The zero-order valence-corrected chi connectivity index (χ0v) is 11.9. The number of nitrogens with zero attached hydrogens (tertiary/aromatic N) is 3. The minimum absolute atomic E-state index is 0.105. The van der Waals surface area contributed by atoms with E-state index in [0.717, 1.165) is 0 Å². The first kappa shape index (κ1) is 14.7. The smallest absolute Gasteiger partial charge is 0.247 e. The van der Waals surface area contributed by atoms with E-state index in [9.17, 15) is 8.42 Å². The minimum Gasteiger partial charge on any atom is -0.387 e. The number of hydrogen-bond acceptors (Lipinski definition) is 4. The summed E-state index contributed by atoms with van der Waals surface area (Å²) in [6.45, 7) is 5.22. The second-order valence-corrected chi connectivity index (χ2v) is 5.95. The molecule has 1 rings (SSSR count). The molecule has 8 heteroatoms. The summed E-state index contributed by atoms with van der Waals surface area (Å²) < 4.78 is 27.7. The fraction of sp³-hybridized carbons (Fsp3) is 0.600. The molecular formula is C10H19N5O2S. The van der Waals surface area contributed by atoms with E-state index in [1.165, 1.54) is 8.99 Å². The largest absolute Gasteiger partial charge is 0.387 e. The SMILES string of the molecule is CCN(CC(=N)N)S(=O)(=O)c1c(C)nn(C)c1C. The minimum atomic E-state index is -3.66. The topological polar surface area (TPSA) is 105 Å². The maximum atomic E-state index is 12.5. The molecule has 1 aromatic heterocycles. The normalized spacial score (nSPS) is 12.1. The molecule has 0 spiro atoms. The average Bonchev–Trinajstić information content (AvgIpc) is 2.49. The van der Waals surface area contributed by atoms with E-state index in [0.29, 0.717) is 11.4 Å². The monoisotopic (exact) mass is 273 g/mol. The molecule has 0 aliphatic carbocycles. The third-order valence-corrected chi connectivity index (χ3v) is 4.91. The molecule has 0 saturated heterocycles. The van der Waals surface area contributed by atoms with Gasteiger partial charge in [0, 0.05) is 13.6 Å². The summed E-state index contributed by atoms with van der Waals surface area (Å²) in [5.41, 5.74) is 6.32. The van der Waals surface area contributed by atoms with E-state index >= 15 is 0 Å². The molecule has 1 aromatic rings. The molecule has 0 saturated carbocycles. The molecule has 0 atom stereocenters. The Kier molecular flexibility index (Phi) is 4.12. The Morgan fingerprint density at radius 2 is 2.06 bits per heavy atom. The number of likely N-dealkylation sites (N-methyl/N-ethyl adjacent to an activating group) is 1. The van der Waals surface area contributed by atoms with Crippen molar-refractivity contribution in [3.8, 4) is 0 Å². The van der Waals surface area contributed by atoms with Crippen LogP contribution in [-0.2, 0) is 17.1 Å². The van der Waals surface area contributed by atoms with Crippen LogP contribution in [0.2, 0.25) is 0 Å². The number of aryl methyl sites for hydroxylation is 2. The number of hydrogen-bond donors (Lipinski definition) is 2. The second kappa shape index (κ2) is 5.07. The predicted molar refractivity (Wildman–Crippen MR) is 69.0 cm³/mol. The van der Waals surface area contributed by atoms with Gasteiger partial charge in [-0.05, 0) is 13.8 Å². The van der Waals surface area contributed by atoms with Crippen LogP contribution in [-0.4, -0.2) is 41.4 Å². The highest BCUT2D eigenvalue weighted by atomic mass is 32.2. The molecule has 0 aliphatic rings. The lowest BCUT2D eigenvalue weighted by Crippen LogP contribution is -2.38. The van der Waals surface area contributed by atoms with E-state index in [1.807, 2.05) is 0 Å². The van der Waals surface area contributed by atoms with E-state index < -0.39 is 10.0 Å². The molecule has 0 aliphatic heterocycles. The fourth-order valence-corrected chi connectivity index (χ4v) is 3.64. The number of amidine groups is 1. The summed E-state index contributed by atoms with van der Waals surface area (Å²) in [6, 6.07) is 0. The first-order valence-electron chi connectivity index (χ1n) is 5.55. The van der Waals surface area contributed by atoms with E-state index in [-0.39, 0.29) is 23.8 Å². The van der Waals surface area contributed by atoms with Crippen LogP contribution in [0.1, 0.15) is 18.3 Å². The van der Waals surface area contributed by atoms with Gasteiger partial charge in [-0.15, -0.1) is 0 Å². The maximum absolute atomic E-state index is 12.5. The lowest BCUT2D eigenvalue weighted by molar-refractivity contribution is 0.465. The van der Waals surface area contributed by atoms with Gasteiger partial charge in [-0.1, -0.05) is 6.92 Å². The summed E-state index contributed by atoms with van der Waals surface area (Å²) in [5, 5.41) is 11.3. The number of rotatable bonds is 5. The zero-order valence-electron chi connectivity index (χ0n) is 11.1. The lowest BCUT2D eigenvalue weighted by Gasteiger charge is -2.19. The predicted octanol–water partition coefficient (Wildman–Crippen LogP) is -0.0165. The van der Waals surface area contributed by atoms with Crippen molar-refractivity contribution in [1.82, 2.24) is 14.1 Å². The maximum Gasteiger partial charge on any atom is 0.247 e. The van der Waals surface area contributed by atoms with E-state index in [4.69, 9.17) is 11.1 Å². The first-order valence-corrected chi connectivity index (χ1v) is 6.99. The van der Waals surface area contributed by atoms with Crippen molar-refractivity contribution in [2.45, 2.75) is 25.7 Å². The third kappa shape index (κ3) is 2.54. The molecule has 0 radical (unpaired) electrons. The fourth-order valence-electron chi connectivity index (χ4n) is 1.81. The second-order valence-electron chi connectivity index (χ2n) is 4.08. The molecule has 0 unspecified atom stereocenters. The van der Waals surface area contributed by atoms with Crippen molar-refractivity contribution in [3.63, 3.8) is 0 Å². The molecule has 1 heterocycles. The Balaban J connectivity index is 3.31. The van der Waals surface area contributed by atoms with Crippen molar-refractivity contribution in [2.24, 2.45) is 12.8 Å². The molecule has 0 amide bonds. The Hall–Kier alpha value is -1.41. The van der Waals surface area contributed by atoms with Crippen LogP contribution < -0.4 is 5.73 Å². The van der Waals surface area contributed by atoms with Gasteiger partial charge in [-0.3, -0.25) is 10.1 Å².